The molecule has 0 heterocycles. The summed E-state index contributed by atoms with van der Waals surface area (Å²) in [5.74, 6) is 1.13. The molecule has 1 aromatic carbocycles. The van der Waals surface area contributed by atoms with Crippen LogP contribution in [0.3, 0.4) is 0 Å². The van der Waals surface area contributed by atoms with E-state index in [2.05, 4.69) is 5.32 Å². The molecule has 4 nitrogen and oxygen atoms in total. The van der Waals surface area contributed by atoms with Crippen molar-refractivity contribution in [3.63, 3.8) is 0 Å². The number of carbonyl (C=O) groups is 1. The summed E-state index contributed by atoms with van der Waals surface area (Å²) in [6.07, 6.45) is 0.802. The summed E-state index contributed by atoms with van der Waals surface area (Å²) in [6, 6.07) is 7.14. The van der Waals surface area contributed by atoms with Gasteiger partial charge in [0.1, 0.15) is 5.75 Å². The van der Waals surface area contributed by atoms with E-state index in [9.17, 15) is 4.79 Å². The molecule has 0 aliphatic rings. The molecule has 0 saturated heterocycles. The zero-order chi connectivity index (χ0) is 12.5. The molecule has 0 bridgehead atoms. The van der Waals surface area contributed by atoms with Crippen LogP contribution in [0, 0.1) is 0 Å². The minimum Gasteiger partial charge on any atom is -0.467 e. The van der Waals surface area contributed by atoms with E-state index in [0.717, 1.165) is 6.42 Å². The van der Waals surface area contributed by atoms with Crippen LogP contribution in [-0.2, 0) is 9.53 Å². The average Bonchev–Trinajstić information content (AvgIpc) is 2.28. The molecule has 94 valence electrons. The standard InChI is InChI=1S/C12H16ClNO3/c1-10(15)14-11-4-2-5-12(8-11)17-9-16-7-3-6-13/h2,4-5,8H,3,6-7,9H2,1H3,(H,14,15). The molecule has 17 heavy (non-hydrogen) atoms. The van der Waals surface area contributed by atoms with Gasteiger partial charge >= 0.3 is 0 Å². The molecule has 0 unspecified atom stereocenters. The second-order valence-corrected chi connectivity index (χ2v) is 3.80. The van der Waals surface area contributed by atoms with Gasteiger partial charge in [-0.05, 0) is 18.6 Å². The van der Waals surface area contributed by atoms with Gasteiger partial charge in [-0.3, -0.25) is 4.79 Å². The molecule has 0 atom stereocenters. The smallest absolute Gasteiger partial charge is 0.221 e. The van der Waals surface area contributed by atoms with Gasteiger partial charge in [-0.25, -0.2) is 0 Å². The number of halogens is 1. The molecule has 1 N–H and O–H groups in total. The maximum atomic E-state index is 10.9. The molecule has 0 aromatic heterocycles. The largest absolute Gasteiger partial charge is 0.467 e. The predicted molar refractivity (Wildman–Crippen MR) is 67.5 cm³/mol. The number of hydrogen-bond donors (Lipinski definition) is 1. The summed E-state index contributed by atoms with van der Waals surface area (Å²) >= 11 is 5.51. The molecule has 5 heteroatoms. The molecule has 1 rings (SSSR count). The van der Waals surface area contributed by atoms with Crippen LogP contribution in [0.2, 0.25) is 0 Å². The Hall–Kier alpha value is -1.26. The first-order valence-electron chi connectivity index (χ1n) is 5.36. The van der Waals surface area contributed by atoms with Crippen LogP contribution in [0.1, 0.15) is 13.3 Å². The van der Waals surface area contributed by atoms with Crippen LogP contribution >= 0.6 is 11.6 Å². The average molecular weight is 258 g/mol. The molecule has 0 saturated carbocycles. The van der Waals surface area contributed by atoms with Crippen LogP contribution in [0.5, 0.6) is 5.75 Å². The monoisotopic (exact) mass is 257 g/mol. The van der Waals surface area contributed by atoms with Crippen LogP contribution in [-0.4, -0.2) is 25.2 Å². The van der Waals surface area contributed by atoms with E-state index < -0.39 is 0 Å². The third kappa shape index (κ3) is 6.14. The number of rotatable bonds is 7. The van der Waals surface area contributed by atoms with Gasteiger partial charge in [0.05, 0.1) is 6.61 Å². The van der Waals surface area contributed by atoms with Crippen molar-refractivity contribution in [1.82, 2.24) is 0 Å². The number of benzene rings is 1. The minimum atomic E-state index is -0.111. The van der Waals surface area contributed by atoms with E-state index in [-0.39, 0.29) is 12.7 Å². The van der Waals surface area contributed by atoms with Crippen molar-refractivity contribution in [2.45, 2.75) is 13.3 Å². The van der Waals surface area contributed by atoms with Gasteiger partial charge in [-0.15, -0.1) is 11.6 Å². The SMILES string of the molecule is CC(=O)Nc1cccc(OCOCCCCl)c1. The summed E-state index contributed by atoms with van der Waals surface area (Å²) in [7, 11) is 0. The number of carbonyl (C=O) groups excluding carboxylic acids is 1. The molecule has 1 aromatic rings. The number of amides is 1. The van der Waals surface area contributed by atoms with Crippen LogP contribution < -0.4 is 10.1 Å². The Morgan fingerprint density at radius 1 is 1.47 bits per heavy atom. The lowest BCUT2D eigenvalue weighted by Gasteiger charge is -2.08. The Bertz CT molecular complexity index is 357. The van der Waals surface area contributed by atoms with Crippen LogP contribution in [0.4, 0.5) is 5.69 Å². The van der Waals surface area contributed by atoms with Gasteiger partial charge in [0.2, 0.25) is 5.91 Å². The lowest BCUT2D eigenvalue weighted by Crippen LogP contribution is -2.07. The molecule has 0 radical (unpaired) electrons. The Kier molecular flexibility index (Phi) is 6.43. The highest BCUT2D eigenvalue weighted by Gasteiger charge is 1.98. The second-order valence-electron chi connectivity index (χ2n) is 3.42. The molecule has 0 aliphatic carbocycles. The Labute approximate surface area is 106 Å². The van der Waals surface area contributed by atoms with Crippen molar-refractivity contribution < 1.29 is 14.3 Å². The zero-order valence-corrected chi connectivity index (χ0v) is 10.5. The van der Waals surface area contributed by atoms with Crippen molar-refractivity contribution in [3.8, 4) is 5.75 Å². The summed E-state index contributed by atoms with van der Waals surface area (Å²) in [4.78, 5) is 10.9. The van der Waals surface area contributed by atoms with Crippen molar-refractivity contribution in [1.29, 1.82) is 0 Å². The Morgan fingerprint density at radius 3 is 3.00 bits per heavy atom. The van der Waals surface area contributed by atoms with E-state index >= 15 is 0 Å². The number of nitrogens with one attached hydrogen (secondary N) is 1. The summed E-state index contributed by atoms with van der Waals surface area (Å²) in [6.45, 7) is 2.22. The quantitative estimate of drug-likeness (QED) is 0.464. The van der Waals surface area contributed by atoms with Gasteiger partial charge in [0, 0.05) is 24.6 Å². The van der Waals surface area contributed by atoms with Crippen molar-refractivity contribution >= 4 is 23.2 Å². The van der Waals surface area contributed by atoms with Gasteiger partial charge < -0.3 is 14.8 Å². The lowest BCUT2D eigenvalue weighted by atomic mass is 10.3. The maximum Gasteiger partial charge on any atom is 0.221 e. The van der Waals surface area contributed by atoms with Crippen LogP contribution in [0.25, 0.3) is 0 Å². The molecular formula is C12H16ClNO3. The first kappa shape index (κ1) is 13.8. The van der Waals surface area contributed by atoms with Crippen molar-refractivity contribution in [2.24, 2.45) is 0 Å². The van der Waals surface area contributed by atoms with Crippen molar-refractivity contribution in [3.05, 3.63) is 24.3 Å². The fraction of sp³-hybridized carbons (Fsp3) is 0.417. The highest BCUT2D eigenvalue weighted by molar-refractivity contribution is 6.17. The van der Waals surface area contributed by atoms with Gasteiger partial charge in [-0.2, -0.15) is 0 Å². The first-order chi connectivity index (χ1) is 8.22. The fourth-order valence-corrected chi connectivity index (χ4v) is 1.30. The van der Waals surface area contributed by atoms with Gasteiger partial charge in [0.15, 0.2) is 6.79 Å². The zero-order valence-electron chi connectivity index (χ0n) is 9.74. The van der Waals surface area contributed by atoms with Gasteiger partial charge in [0.25, 0.3) is 0 Å². The third-order valence-corrected chi connectivity index (χ3v) is 2.15. The molecular weight excluding hydrogens is 242 g/mol. The van der Waals surface area contributed by atoms with E-state index in [1.54, 1.807) is 24.3 Å². The Morgan fingerprint density at radius 2 is 2.29 bits per heavy atom. The fourth-order valence-electron chi connectivity index (χ4n) is 1.19. The molecule has 0 spiro atoms. The molecule has 0 fully saturated rings. The number of alkyl halides is 1. The van der Waals surface area contributed by atoms with E-state index in [4.69, 9.17) is 21.1 Å². The highest BCUT2D eigenvalue weighted by atomic mass is 35.5. The topological polar surface area (TPSA) is 47.6 Å². The normalized spacial score (nSPS) is 10.0. The number of anilines is 1. The number of ether oxygens (including phenoxy) is 2. The summed E-state index contributed by atoms with van der Waals surface area (Å²) < 4.78 is 10.6. The minimum absolute atomic E-state index is 0.111. The van der Waals surface area contributed by atoms with E-state index in [0.29, 0.717) is 23.9 Å². The van der Waals surface area contributed by atoms with E-state index in [1.807, 2.05) is 0 Å². The van der Waals surface area contributed by atoms with Gasteiger partial charge in [-0.1, -0.05) is 6.07 Å². The predicted octanol–water partition coefficient (Wildman–Crippen LogP) is 2.63. The Balaban J connectivity index is 2.35. The molecule has 0 aliphatic heterocycles. The summed E-state index contributed by atoms with van der Waals surface area (Å²) in [5.41, 5.74) is 0.704. The second kappa shape index (κ2) is 7.92. The maximum absolute atomic E-state index is 10.9. The highest BCUT2D eigenvalue weighted by Crippen LogP contribution is 2.17. The third-order valence-electron chi connectivity index (χ3n) is 1.89. The summed E-state index contributed by atoms with van der Waals surface area (Å²) in [5, 5.41) is 2.68. The van der Waals surface area contributed by atoms with E-state index in [1.165, 1.54) is 6.92 Å². The van der Waals surface area contributed by atoms with Crippen molar-refractivity contribution in [2.75, 3.05) is 24.6 Å². The lowest BCUT2D eigenvalue weighted by molar-refractivity contribution is -0.114. The number of hydrogen-bond acceptors (Lipinski definition) is 3. The first-order valence-corrected chi connectivity index (χ1v) is 5.90. The van der Waals surface area contributed by atoms with Crippen LogP contribution in [0.15, 0.2) is 24.3 Å². The molecule has 1 amide bonds.